The van der Waals surface area contributed by atoms with Crippen molar-refractivity contribution in [1.82, 2.24) is 4.90 Å². The molecule has 0 aromatic carbocycles. The summed E-state index contributed by atoms with van der Waals surface area (Å²) < 4.78 is 0. The van der Waals surface area contributed by atoms with Crippen molar-refractivity contribution in [2.24, 2.45) is 10.8 Å². The summed E-state index contributed by atoms with van der Waals surface area (Å²) in [6.07, 6.45) is 1.33. The average Bonchev–Trinajstić information content (AvgIpc) is 1.94. The zero-order valence-corrected chi connectivity index (χ0v) is 10.1. The smallest absolute Gasteiger partial charge is 0.00405 e. The van der Waals surface area contributed by atoms with Gasteiger partial charge in [-0.1, -0.05) is 27.7 Å². The summed E-state index contributed by atoms with van der Waals surface area (Å²) >= 11 is 0. The van der Waals surface area contributed by atoms with Crippen LogP contribution in [-0.4, -0.2) is 24.0 Å². The summed E-state index contributed by atoms with van der Waals surface area (Å²) in [7, 11) is 0. The van der Waals surface area contributed by atoms with Gasteiger partial charge in [-0.15, -0.1) is 0 Å². The molecule has 0 N–H and O–H groups in total. The first kappa shape index (κ1) is 11.0. The molecule has 1 heteroatoms. The Hall–Kier alpha value is -0.0400. The molecule has 1 nitrogen and oxygen atoms in total. The van der Waals surface area contributed by atoms with Crippen LogP contribution in [0.25, 0.3) is 0 Å². The van der Waals surface area contributed by atoms with Gasteiger partial charge in [-0.25, -0.2) is 0 Å². The third-order valence-corrected chi connectivity index (χ3v) is 4.18. The van der Waals surface area contributed by atoms with Crippen LogP contribution in [-0.2, 0) is 0 Å². The molecule has 1 fully saturated rings. The third-order valence-electron chi connectivity index (χ3n) is 4.18. The molecule has 0 bridgehead atoms. The van der Waals surface area contributed by atoms with Gasteiger partial charge in [0.25, 0.3) is 0 Å². The van der Waals surface area contributed by atoms with Crippen LogP contribution in [0, 0.1) is 10.8 Å². The van der Waals surface area contributed by atoms with Crippen molar-refractivity contribution in [2.45, 2.75) is 54.0 Å². The molecule has 78 valence electrons. The van der Waals surface area contributed by atoms with E-state index in [-0.39, 0.29) is 0 Å². The second-order valence-corrected chi connectivity index (χ2v) is 6.08. The molecule has 13 heavy (non-hydrogen) atoms. The van der Waals surface area contributed by atoms with Gasteiger partial charge < -0.3 is 4.90 Å². The van der Waals surface area contributed by atoms with Crippen LogP contribution in [0.15, 0.2) is 0 Å². The second kappa shape index (κ2) is 3.27. The Morgan fingerprint density at radius 3 is 1.92 bits per heavy atom. The summed E-state index contributed by atoms with van der Waals surface area (Å²) in [4.78, 5) is 2.60. The van der Waals surface area contributed by atoms with Crippen molar-refractivity contribution in [3.63, 3.8) is 0 Å². The first-order valence-corrected chi connectivity index (χ1v) is 5.50. The predicted octanol–water partition coefficient (Wildman–Crippen LogP) is 3.15. The maximum Gasteiger partial charge on any atom is 0.00405 e. The molecule has 1 aliphatic rings. The van der Waals surface area contributed by atoms with Gasteiger partial charge in [0, 0.05) is 12.6 Å². The highest BCUT2D eigenvalue weighted by Crippen LogP contribution is 2.45. The molecule has 0 spiro atoms. The van der Waals surface area contributed by atoms with E-state index in [0.717, 1.165) is 0 Å². The van der Waals surface area contributed by atoms with Crippen LogP contribution < -0.4 is 0 Å². The molecule has 0 atom stereocenters. The normalized spacial score (nSPS) is 27.9. The first-order chi connectivity index (χ1) is 5.76. The zero-order chi connectivity index (χ0) is 10.3. The first-order valence-electron chi connectivity index (χ1n) is 5.50. The van der Waals surface area contributed by atoms with Gasteiger partial charge in [0.1, 0.15) is 0 Å². The maximum absolute atomic E-state index is 2.60. The van der Waals surface area contributed by atoms with Crippen molar-refractivity contribution >= 4 is 0 Å². The van der Waals surface area contributed by atoms with E-state index in [2.05, 4.69) is 46.4 Å². The molecule has 1 aliphatic heterocycles. The van der Waals surface area contributed by atoms with Crippen LogP contribution in [0.3, 0.4) is 0 Å². The Labute approximate surface area is 83.5 Å². The zero-order valence-electron chi connectivity index (χ0n) is 10.1. The number of rotatable bonds is 1. The molecule has 1 heterocycles. The third kappa shape index (κ3) is 2.07. The lowest BCUT2D eigenvalue weighted by Crippen LogP contribution is -2.52. The molecular formula is C12H25N. The van der Waals surface area contributed by atoms with Crippen molar-refractivity contribution < 1.29 is 0 Å². The molecule has 0 aliphatic carbocycles. The molecule has 0 unspecified atom stereocenters. The van der Waals surface area contributed by atoms with Crippen LogP contribution in [0.2, 0.25) is 0 Å². The van der Waals surface area contributed by atoms with Crippen molar-refractivity contribution in [1.29, 1.82) is 0 Å². The number of hydrogen-bond donors (Lipinski definition) is 0. The Morgan fingerprint density at radius 2 is 1.54 bits per heavy atom. The van der Waals surface area contributed by atoms with Crippen LogP contribution in [0.1, 0.15) is 48.0 Å². The fourth-order valence-electron chi connectivity index (χ4n) is 2.00. The fraction of sp³-hybridized carbons (Fsp3) is 1.00. The predicted molar refractivity (Wildman–Crippen MR) is 58.9 cm³/mol. The quantitative estimate of drug-likeness (QED) is 0.603. The fourth-order valence-corrected chi connectivity index (χ4v) is 2.00. The van der Waals surface area contributed by atoms with Crippen LogP contribution in [0.4, 0.5) is 0 Å². The van der Waals surface area contributed by atoms with Crippen molar-refractivity contribution in [3.05, 3.63) is 0 Å². The van der Waals surface area contributed by atoms with Crippen LogP contribution in [0.5, 0.6) is 0 Å². The lowest BCUT2D eigenvalue weighted by molar-refractivity contribution is -0.0175. The van der Waals surface area contributed by atoms with E-state index in [0.29, 0.717) is 16.9 Å². The summed E-state index contributed by atoms with van der Waals surface area (Å²) in [5.74, 6) is 0. The molecule has 1 saturated heterocycles. The van der Waals surface area contributed by atoms with Gasteiger partial charge in [0.2, 0.25) is 0 Å². The van der Waals surface area contributed by atoms with Crippen molar-refractivity contribution in [3.8, 4) is 0 Å². The Balaban J connectivity index is 2.71. The highest BCUT2D eigenvalue weighted by atomic mass is 15.2. The molecular weight excluding hydrogens is 158 g/mol. The highest BCUT2D eigenvalue weighted by Gasteiger charge is 2.42. The molecule has 1 rings (SSSR count). The van der Waals surface area contributed by atoms with Gasteiger partial charge in [0.15, 0.2) is 0 Å². The summed E-state index contributed by atoms with van der Waals surface area (Å²) in [5.41, 5.74) is 0.952. The van der Waals surface area contributed by atoms with Gasteiger partial charge in [-0.05, 0) is 37.6 Å². The summed E-state index contributed by atoms with van der Waals surface area (Å²) in [5, 5.41) is 0. The minimum atomic E-state index is 0.454. The molecule has 0 radical (unpaired) electrons. The Morgan fingerprint density at radius 1 is 1.00 bits per heavy atom. The lowest BCUT2D eigenvalue weighted by atomic mass is 9.63. The van der Waals surface area contributed by atoms with Gasteiger partial charge >= 0.3 is 0 Å². The molecule has 0 aromatic rings. The Bertz CT molecular complexity index is 180. The van der Waals surface area contributed by atoms with Crippen LogP contribution >= 0.6 is 0 Å². The van der Waals surface area contributed by atoms with Gasteiger partial charge in [0.05, 0.1) is 0 Å². The van der Waals surface area contributed by atoms with Crippen molar-refractivity contribution in [2.75, 3.05) is 13.1 Å². The average molecular weight is 183 g/mol. The van der Waals surface area contributed by atoms with E-state index in [1.807, 2.05) is 0 Å². The lowest BCUT2D eigenvalue weighted by Gasteiger charge is -2.51. The standard InChI is InChI=1S/C12H25N/c1-10(2)13-8-7-11(3,4)12(5,6)9-13/h10H,7-9H2,1-6H3. The number of piperidine rings is 1. The van der Waals surface area contributed by atoms with E-state index in [1.54, 1.807) is 0 Å². The highest BCUT2D eigenvalue weighted by molar-refractivity contribution is 4.93. The minimum absolute atomic E-state index is 0.454. The minimum Gasteiger partial charge on any atom is -0.300 e. The monoisotopic (exact) mass is 183 g/mol. The van der Waals surface area contributed by atoms with E-state index in [4.69, 9.17) is 0 Å². The SMILES string of the molecule is CC(C)N1CCC(C)(C)C(C)(C)C1. The van der Waals surface area contributed by atoms with Gasteiger partial charge in [-0.3, -0.25) is 0 Å². The van der Waals surface area contributed by atoms with E-state index >= 15 is 0 Å². The number of nitrogens with zero attached hydrogens (tertiary/aromatic N) is 1. The number of likely N-dealkylation sites (tertiary alicyclic amines) is 1. The summed E-state index contributed by atoms with van der Waals surface area (Å²) in [6.45, 7) is 16.7. The molecule has 0 aromatic heterocycles. The van der Waals surface area contributed by atoms with Gasteiger partial charge in [-0.2, -0.15) is 0 Å². The summed E-state index contributed by atoms with van der Waals surface area (Å²) in [6, 6.07) is 0.704. The Kier molecular flexibility index (Phi) is 2.78. The van der Waals surface area contributed by atoms with E-state index < -0.39 is 0 Å². The van der Waals surface area contributed by atoms with E-state index in [1.165, 1.54) is 19.5 Å². The number of hydrogen-bond acceptors (Lipinski definition) is 1. The van der Waals surface area contributed by atoms with E-state index in [9.17, 15) is 0 Å². The second-order valence-electron chi connectivity index (χ2n) is 6.08. The molecule has 0 saturated carbocycles. The maximum atomic E-state index is 2.60. The largest absolute Gasteiger partial charge is 0.300 e. The topological polar surface area (TPSA) is 3.24 Å². The molecule has 0 amide bonds.